The first-order valence-electron chi connectivity index (χ1n) is 12.0. The second-order valence-electron chi connectivity index (χ2n) is 9.21. The van der Waals surface area contributed by atoms with Crippen molar-refractivity contribution in [2.24, 2.45) is 0 Å². The molecular formula is C27H33N3O2. The standard InChI is InChI=1S/C27H33N3O2/c31-27(18-22-19-28-26-9-5-4-8-25(22)26)30-16-12-24(13-17-30)32-23-10-14-29(15-11-23)20-21-6-2-1-3-7-21/h1-9,19,23-24,28H,10-18,20H2. The number of ether oxygens (including phenoxy) is 1. The molecule has 2 saturated heterocycles. The predicted molar refractivity (Wildman–Crippen MR) is 127 cm³/mol. The van der Waals surface area contributed by atoms with Crippen LogP contribution >= 0.6 is 0 Å². The fourth-order valence-electron chi connectivity index (χ4n) is 5.11. The Morgan fingerprint density at radius 2 is 1.53 bits per heavy atom. The first-order chi connectivity index (χ1) is 15.7. The van der Waals surface area contributed by atoms with Crippen LogP contribution in [-0.4, -0.2) is 59.1 Å². The number of hydrogen-bond donors (Lipinski definition) is 1. The molecule has 0 atom stereocenters. The molecule has 5 heteroatoms. The van der Waals surface area contributed by atoms with Crippen LogP contribution in [0.3, 0.4) is 0 Å². The SMILES string of the molecule is O=C(Cc1c[nH]c2ccccc12)N1CCC(OC2CCN(Cc3ccccc3)CC2)CC1. The number of para-hydroxylation sites is 1. The Morgan fingerprint density at radius 3 is 2.28 bits per heavy atom. The van der Waals surface area contributed by atoms with Crippen LogP contribution in [0.4, 0.5) is 0 Å². The minimum atomic E-state index is 0.224. The number of piperidine rings is 2. The maximum atomic E-state index is 12.9. The average Bonchev–Trinajstić information content (AvgIpc) is 3.24. The van der Waals surface area contributed by atoms with Crippen molar-refractivity contribution < 1.29 is 9.53 Å². The molecule has 2 aliphatic heterocycles. The number of hydrogen-bond acceptors (Lipinski definition) is 3. The van der Waals surface area contributed by atoms with Crippen molar-refractivity contribution in [1.29, 1.82) is 0 Å². The van der Waals surface area contributed by atoms with E-state index in [1.807, 2.05) is 23.2 Å². The number of rotatable bonds is 6. The summed E-state index contributed by atoms with van der Waals surface area (Å²) in [4.78, 5) is 20.7. The highest BCUT2D eigenvalue weighted by Crippen LogP contribution is 2.23. The quantitative estimate of drug-likeness (QED) is 0.630. The zero-order chi connectivity index (χ0) is 21.8. The van der Waals surface area contributed by atoms with E-state index in [1.165, 1.54) is 5.56 Å². The number of aromatic nitrogens is 1. The highest BCUT2D eigenvalue weighted by atomic mass is 16.5. The van der Waals surface area contributed by atoms with Gasteiger partial charge in [0.2, 0.25) is 5.91 Å². The number of carbonyl (C=O) groups excluding carboxylic acids is 1. The van der Waals surface area contributed by atoms with Gasteiger partial charge in [0, 0.05) is 49.8 Å². The summed E-state index contributed by atoms with van der Waals surface area (Å²) in [7, 11) is 0. The number of nitrogens with zero attached hydrogens (tertiary/aromatic N) is 2. The lowest BCUT2D eigenvalue weighted by Crippen LogP contribution is -2.44. The van der Waals surface area contributed by atoms with E-state index in [0.717, 1.165) is 74.9 Å². The van der Waals surface area contributed by atoms with E-state index in [-0.39, 0.29) is 12.0 Å². The first kappa shape index (κ1) is 21.2. The number of likely N-dealkylation sites (tertiary alicyclic amines) is 2. The van der Waals surface area contributed by atoms with E-state index in [4.69, 9.17) is 4.74 Å². The highest BCUT2D eigenvalue weighted by Gasteiger charge is 2.27. The van der Waals surface area contributed by atoms with Gasteiger partial charge in [-0.1, -0.05) is 48.5 Å². The van der Waals surface area contributed by atoms with Crippen LogP contribution in [0.2, 0.25) is 0 Å². The van der Waals surface area contributed by atoms with Crippen LogP contribution in [0.1, 0.15) is 36.8 Å². The molecule has 2 aromatic carbocycles. The van der Waals surface area contributed by atoms with Crippen molar-refractivity contribution in [2.75, 3.05) is 26.2 Å². The summed E-state index contributed by atoms with van der Waals surface area (Å²) in [5, 5.41) is 1.15. The molecule has 2 aliphatic rings. The Labute approximate surface area is 190 Å². The molecule has 0 unspecified atom stereocenters. The normalized spacial score (nSPS) is 18.9. The molecule has 0 saturated carbocycles. The van der Waals surface area contributed by atoms with Gasteiger partial charge in [-0.25, -0.2) is 0 Å². The zero-order valence-corrected chi connectivity index (χ0v) is 18.7. The monoisotopic (exact) mass is 431 g/mol. The number of fused-ring (bicyclic) bond motifs is 1. The Bertz CT molecular complexity index is 1020. The third-order valence-electron chi connectivity index (χ3n) is 6.98. The van der Waals surface area contributed by atoms with Gasteiger partial charge in [0.05, 0.1) is 18.6 Å². The Hall–Kier alpha value is -2.63. The minimum Gasteiger partial charge on any atom is -0.375 e. The summed E-state index contributed by atoms with van der Waals surface area (Å²) in [5.74, 6) is 0.224. The largest absolute Gasteiger partial charge is 0.375 e. The Kier molecular flexibility index (Phi) is 6.56. The second kappa shape index (κ2) is 9.88. The highest BCUT2D eigenvalue weighted by molar-refractivity contribution is 5.88. The molecule has 3 heterocycles. The van der Waals surface area contributed by atoms with E-state index >= 15 is 0 Å². The molecule has 3 aromatic rings. The van der Waals surface area contributed by atoms with Crippen LogP contribution < -0.4 is 0 Å². The van der Waals surface area contributed by atoms with Gasteiger partial charge in [-0.3, -0.25) is 9.69 Å². The molecule has 1 amide bonds. The van der Waals surface area contributed by atoms with Gasteiger partial charge in [-0.15, -0.1) is 0 Å². The molecule has 1 N–H and O–H groups in total. The number of H-pyrrole nitrogens is 1. The van der Waals surface area contributed by atoms with E-state index in [1.54, 1.807) is 0 Å². The molecule has 168 valence electrons. The summed E-state index contributed by atoms with van der Waals surface area (Å²) in [6.45, 7) is 4.84. The lowest BCUT2D eigenvalue weighted by molar-refractivity contribution is -0.134. The Balaban J connectivity index is 1.05. The van der Waals surface area contributed by atoms with Crippen LogP contribution in [-0.2, 0) is 22.5 Å². The maximum absolute atomic E-state index is 12.9. The van der Waals surface area contributed by atoms with Gasteiger partial charge >= 0.3 is 0 Å². The van der Waals surface area contributed by atoms with Crippen molar-refractivity contribution in [3.8, 4) is 0 Å². The molecule has 1 aromatic heterocycles. The molecule has 0 aliphatic carbocycles. The molecule has 0 bridgehead atoms. The summed E-state index contributed by atoms with van der Waals surface area (Å²) in [6.07, 6.45) is 7.20. The van der Waals surface area contributed by atoms with Gasteiger partial charge in [-0.05, 0) is 42.9 Å². The molecular weight excluding hydrogens is 398 g/mol. The van der Waals surface area contributed by atoms with Crippen LogP contribution in [0.15, 0.2) is 60.8 Å². The van der Waals surface area contributed by atoms with Crippen LogP contribution in [0.25, 0.3) is 10.9 Å². The fraction of sp³-hybridized carbons (Fsp3) is 0.444. The molecule has 5 rings (SSSR count). The van der Waals surface area contributed by atoms with Gasteiger partial charge in [0.1, 0.15) is 0 Å². The molecule has 5 nitrogen and oxygen atoms in total. The van der Waals surface area contributed by atoms with Crippen molar-refractivity contribution in [3.05, 3.63) is 71.9 Å². The summed E-state index contributed by atoms with van der Waals surface area (Å²) >= 11 is 0. The maximum Gasteiger partial charge on any atom is 0.227 e. The minimum absolute atomic E-state index is 0.224. The number of amides is 1. The number of benzene rings is 2. The van der Waals surface area contributed by atoms with Gasteiger partial charge in [0.25, 0.3) is 0 Å². The van der Waals surface area contributed by atoms with Crippen molar-refractivity contribution in [2.45, 2.75) is 50.9 Å². The fourth-order valence-corrected chi connectivity index (χ4v) is 5.11. The first-order valence-corrected chi connectivity index (χ1v) is 12.0. The van der Waals surface area contributed by atoms with E-state index < -0.39 is 0 Å². The summed E-state index contributed by atoms with van der Waals surface area (Å²) < 4.78 is 6.45. The molecule has 0 spiro atoms. The van der Waals surface area contributed by atoms with Crippen LogP contribution in [0, 0.1) is 0 Å². The van der Waals surface area contributed by atoms with E-state index in [9.17, 15) is 4.79 Å². The van der Waals surface area contributed by atoms with Crippen LogP contribution in [0.5, 0.6) is 0 Å². The topological polar surface area (TPSA) is 48.6 Å². The lowest BCUT2D eigenvalue weighted by atomic mass is 10.0. The van der Waals surface area contributed by atoms with Gasteiger partial charge in [0.15, 0.2) is 0 Å². The number of nitrogens with one attached hydrogen (secondary N) is 1. The van der Waals surface area contributed by atoms with E-state index in [2.05, 4.69) is 52.3 Å². The number of aromatic amines is 1. The molecule has 0 radical (unpaired) electrons. The third-order valence-corrected chi connectivity index (χ3v) is 6.98. The van der Waals surface area contributed by atoms with Crippen molar-refractivity contribution in [1.82, 2.24) is 14.8 Å². The summed E-state index contributed by atoms with van der Waals surface area (Å²) in [5.41, 5.74) is 3.57. The second-order valence-corrected chi connectivity index (χ2v) is 9.21. The summed E-state index contributed by atoms with van der Waals surface area (Å²) in [6, 6.07) is 18.9. The number of carbonyl (C=O) groups is 1. The smallest absolute Gasteiger partial charge is 0.227 e. The molecule has 2 fully saturated rings. The lowest BCUT2D eigenvalue weighted by Gasteiger charge is -2.37. The zero-order valence-electron chi connectivity index (χ0n) is 18.7. The third kappa shape index (κ3) is 5.05. The van der Waals surface area contributed by atoms with Gasteiger partial charge in [-0.2, -0.15) is 0 Å². The Morgan fingerprint density at radius 1 is 0.875 bits per heavy atom. The van der Waals surface area contributed by atoms with Gasteiger partial charge < -0.3 is 14.6 Å². The van der Waals surface area contributed by atoms with Crippen molar-refractivity contribution in [3.63, 3.8) is 0 Å². The molecule has 32 heavy (non-hydrogen) atoms. The van der Waals surface area contributed by atoms with E-state index in [0.29, 0.717) is 12.5 Å². The van der Waals surface area contributed by atoms with Crippen molar-refractivity contribution >= 4 is 16.8 Å². The average molecular weight is 432 g/mol. The predicted octanol–water partition coefficient (Wildman–Crippen LogP) is 4.38.